The molecule has 132 valence electrons. The number of carbonyl (C=O) groups excluding carboxylic acids is 2. The molecule has 0 bridgehead atoms. The lowest BCUT2D eigenvalue weighted by Crippen LogP contribution is -2.23. The van der Waals surface area contributed by atoms with Crippen LogP contribution in [0.5, 0.6) is 0 Å². The number of fused-ring (bicyclic) bond motifs is 1. The maximum absolute atomic E-state index is 13.2. The topological polar surface area (TPSA) is 56.3 Å². The molecule has 0 amide bonds. The van der Waals surface area contributed by atoms with E-state index in [0.29, 0.717) is 5.01 Å². The monoisotopic (exact) mass is 373 g/mol. The third-order valence-electron chi connectivity index (χ3n) is 3.54. The molecule has 1 aromatic heterocycles. The second kappa shape index (κ2) is 7.53. The van der Waals surface area contributed by atoms with Crippen molar-refractivity contribution in [2.45, 2.75) is 13.0 Å². The fraction of sp³-hybridized carbons (Fsp3) is 0.105. The Morgan fingerprint density at radius 2 is 1.92 bits per heavy atom. The van der Waals surface area contributed by atoms with Crippen LogP contribution in [0.15, 0.2) is 48.5 Å². The van der Waals surface area contributed by atoms with E-state index < -0.39 is 29.5 Å². The number of aromatic nitrogens is 1. The van der Waals surface area contributed by atoms with Crippen molar-refractivity contribution in [3.63, 3.8) is 0 Å². The number of carbonyl (C=O) groups is 2. The van der Waals surface area contributed by atoms with Crippen molar-refractivity contribution >= 4 is 39.4 Å². The minimum Gasteiger partial charge on any atom is -0.451 e. The van der Waals surface area contributed by atoms with Crippen molar-refractivity contribution in [3.05, 3.63) is 70.7 Å². The van der Waals surface area contributed by atoms with E-state index in [1.54, 1.807) is 0 Å². The zero-order valence-corrected chi connectivity index (χ0v) is 14.4. The van der Waals surface area contributed by atoms with E-state index in [-0.39, 0.29) is 5.56 Å². The number of rotatable bonds is 5. The minimum atomic E-state index is -1.13. The molecule has 0 aliphatic rings. The number of ketones is 1. The summed E-state index contributed by atoms with van der Waals surface area (Å²) < 4.78 is 32.1. The Labute approximate surface area is 151 Å². The van der Waals surface area contributed by atoms with Gasteiger partial charge in [0.1, 0.15) is 5.01 Å². The van der Waals surface area contributed by atoms with Gasteiger partial charge in [0.25, 0.3) is 0 Å². The van der Waals surface area contributed by atoms with Gasteiger partial charge in [-0.25, -0.2) is 18.6 Å². The Morgan fingerprint density at radius 3 is 2.65 bits per heavy atom. The average Bonchev–Trinajstić information content (AvgIpc) is 3.04. The summed E-state index contributed by atoms with van der Waals surface area (Å²) in [4.78, 5) is 28.4. The molecule has 1 heterocycles. The quantitative estimate of drug-likeness (QED) is 0.378. The van der Waals surface area contributed by atoms with Crippen LogP contribution in [-0.2, 0) is 9.53 Å². The number of para-hydroxylation sites is 1. The van der Waals surface area contributed by atoms with Gasteiger partial charge in [-0.15, -0.1) is 11.3 Å². The molecule has 0 saturated carbocycles. The first kappa shape index (κ1) is 17.9. The second-order valence-electron chi connectivity index (χ2n) is 5.43. The van der Waals surface area contributed by atoms with Gasteiger partial charge in [-0.1, -0.05) is 12.1 Å². The number of hydrogen-bond donors (Lipinski definition) is 0. The van der Waals surface area contributed by atoms with Crippen molar-refractivity contribution in [1.29, 1.82) is 0 Å². The van der Waals surface area contributed by atoms with Gasteiger partial charge in [-0.05, 0) is 43.3 Å². The number of hydrogen-bond acceptors (Lipinski definition) is 5. The van der Waals surface area contributed by atoms with Gasteiger partial charge < -0.3 is 4.74 Å². The zero-order valence-electron chi connectivity index (χ0n) is 13.6. The highest BCUT2D eigenvalue weighted by Crippen LogP contribution is 2.22. The Balaban J connectivity index is 1.64. The molecule has 0 radical (unpaired) electrons. The Bertz CT molecular complexity index is 980. The van der Waals surface area contributed by atoms with E-state index in [1.807, 2.05) is 24.3 Å². The van der Waals surface area contributed by atoms with Crippen LogP contribution in [0.3, 0.4) is 0 Å². The van der Waals surface area contributed by atoms with Crippen LogP contribution in [0.4, 0.5) is 8.78 Å². The second-order valence-corrected chi connectivity index (χ2v) is 6.49. The summed E-state index contributed by atoms with van der Waals surface area (Å²) in [6, 6.07) is 10.3. The maximum atomic E-state index is 13.2. The van der Waals surface area contributed by atoms with E-state index in [0.717, 1.165) is 28.4 Å². The van der Waals surface area contributed by atoms with Crippen molar-refractivity contribution in [3.8, 4) is 0 Å². The summed E-state index contributed by atoms with van der Waals surface area (Å²) in [5, 5.41) is 0.628. The molecular formula is C19H13F2NO3S. The minimum absolute atomic E-state index is 0.0700. The van der Waals surface area contributed by atoms with Crippen LogP contribution < -0.4 is 0 Å². The Kier molecular flexibility index (Phi) is 5.18. The molecule has 0 spiro atoms. The number of Topliss-reactive ketones (excluding diaryl/α,β-unsaturated/α-hetero) is 1. The fourth-order valence-electron chi connectivity index (χ4n) is 2.25. The highest BCUT2D eigenvalue weighted by Gasteiger charge is 2.20. The fourth-order valence-corrected chi connectivity index (χ4v) is 3.12. The van der Waals surface area contributed by atoms with E-state index in [1.165, 1.54) is 30.4 Å². The number of nitrogens with zero attached hydrogens (tertiary/aromatic N) is 1. The van der Waals surface area contributed by atoms with Crippen LogP contribution in [0.2, 0.25) is 0 Å². The van der Waals surface area contributed by atoms with Gasteiger partial charge in [-0.2, -0.15) is 0 Å². The molecule has 2 aromatic carbocycles. The first-order chi connectivity index (χ1) is 12.4. The molecule has 0 aliphatic carbocycles. The number of esters is 1. The van der Waals surface area contributed by atoms with E-state index in [9.17, 15) is 18.4 Å². The summed E-state index contributed by atoms with van der Waals surface area (Å²) in [7, 11) is 0. The van der Waals surface area contributed by atoms with Crippen molar-refractivity contribution < 1.29 is 23.1 Å². The highest BCUT2D eigenvalue weighted by atomic mass is 32.1. The Morgan fingerprint density at radius 1 is 1.15 bits per heavy atom. The van der Waals surface area contributed by atoms with Gasteiger partial charge in [-0.3, -0.25) is 4.79 Å². The maximum Gasteiger partial charge on any atom is 0.331 e. The third-order valence-corrected chi connectivity index (χ3v) is 4.54. The highest BCUT2D eigenvalue weighted by molar-refractivity contribution is 7.19. The lowest BCUT2D eigenvalue weighted by atomic mass is 10.1. The average molecular weight is 373 g/mol. The van der Waals surface area contributed by atoms with Crippen molar-refractivity contribution in [2.24, 2.45) is 0 Å². The summed E-state index contributed by atoms with van der Waals surface area (Å²) >= 11 is 1.41. The van der Waals surface area contributed by atoms with Crippen LogP contribution in [0.25, 0.3) is 16.3 Å². The van der Waals surface area contributed by atoms with Crippen molar-refractivity contribution in [1.82, 2.24) is 4.98 Å². The molecule has 1 atom stereocenters. The molecule has 0 aliphatic heterocycles. The predicted octanol–water partition coefficient (Wildman–Crippen LogP) is 4.40. The third kappa shape index (κ3) is 4.00. The summed E-state index contributed by atoms with van der Waals surface area (Å²) in [5.41, 5.74) is 0.756. The molecule has 0 fully saturated rings. The standard InChI is InChI=1S/C19H13F2NO3S/c1-11(19(24)12-6-7-13(20)14(21)10-12)25-18(23)9-8-17-22-15-4-2-3-5-16(15)26-17/h2-11H,1H3/b9-8+. The number of ether oxygens (including phenoxy) is 1. The summed E-state index contributed by atoms with van der Waals surface area (Å²) in [6.07, 6.45) is 1.54. The number of thiazole rings is 1. The van der Waals surface area contributed by atoms with Crippen LogP contribution in [0, 0.1) is 11.6 Å². The zero-order chi connectivity index (χ0) is 18.7. The van der Waals surface area contributed by atoms with Crippen LogP contribution in [-0.4, -0.2) is 22.8 Å². The van der Waals surface area contributed by atoms with Gasteiger partial charge in [0.05, 0.1) is 10.2 Å². The van der Waals surface area contributed by atoms with Crippen molar-refractivity contribution in [2.75, 3.05) is 0 Å². The first-order valence-electron chi connectivity index (χ1n) is 7.67. The number of halogens is 2. The normalized spacial score (nSPS) is 12.4. The van der Waals surface area contributed by atoms with Crippen LogP contribution in [0.1, 0.15) is 22.3 Å². The van der Waals surface area contributed by atoms with Gasteiger partial charge in [0.15, 0.2) is 17.7 Å². The van der Waals surface area contributed by atoms with E-state index in [4.69, 9.17) is 4.74 Å². The predicted molar refractivity (Wildman–Crippen MR) is 94.9 cm³/mol. The molecule has 4 nitrogen and oxygen atoms in total. The molecule has 26 heavy (non-hydrogen) atoms. The molecule has 3 rings (SSSR count). The van der Waals surface area contributed by atoms with Gasteiger partial charge in [0, 0.05) is 11.6 Å². The van der Waals surface area contributed by atoms with Gasteiger partial charge >= 0.3 is 5.97 Å². The molecule has 7 heteroatoms. The lowest BCUT2D eigenvalue weighted by molar-refractivity contribution is -0.140. The molecule has 0 saturated heterocycles. The molecule has 1 unspecified atom stereocenters. The smallest absolute Gasteiger partial charge is 0.331 e. The lowest BCUT2D eigenvalue weighted by Gasteiger charge is -2.10. The van der Waals surface area contributed by atoms with E-state index in [2.05, 4.69) is 4.98 Å². The SMILES string of the molecule is CC(OC(=O)/C=C/c1nc2ccccc2s1)C(=O)c1ccc(F)c(F)c1. The molecule has 0 N–H and O–H groups in total. The largest absolute Gasteiger partial charge is 0.451 e. The number of benzene rings is 2. The molecule has 3 aromatic rings. The van der Waals surface area contributed by atoms with Gasteiger partial charge in [0.2, 0.25) is 5.78 Å². The Hall–Kier alpha value is -2.93. The molecular weight excluding hydrogens is 360 g/mol. The summed E-state index contributed by atoms with van der Waals surface area (Å²) in [6.45, 7) is 1.37. The van der Waals surface area contributed by atoms with Crippen LogP contribution >= 0.6 is 11.3 Å². The van der Waals surface area contributed by atoms with E-state index >= 15 is 0 Å². The first-order valence-corrected chi connectivity index (χ1v) is 8.49. The summed E-state index contributed by atoms with van der Waals surface area (Å²) in [5.74, 6) is -3.53.